The number of amides is 1. The molecule has 1 amide bonds. The first kappa shape index (κ1) is 18.2. The molecule has 2 aromatic rings. The van der Waals surface area contributed by atoms with E-state index in [1.165, 1.54) is 11.3 Å². The Labute approximate surface area is 156 Å². The van der Waals surface area contributed by atoms with E-state index in [0.717, 1.165) is 37.7 Å². The number of benzene rings is 1. The zero-order valence-electron chi connectivity index (χ0n) is 16.1. The van der Waals surface area contributed by atoms with Gasteiger partial charge in [-0.15, -0.1) is 0 Å². The highest BCUT2D eigenvalue weighted by Gasteiger charge is 2.22. The van der Waals surface area contributed by atoms with Crippen molar-refractivity contribution in [3.8, 4) is 0 Å². The summed E-state index contributed by atoms with van der Waals surface area (Å²) >= 11 is 0. The molecule has 1 aliphatic rings. The van der Waals surface area contributed by atoms with Gasteiger partial charge in [0.25, 0.3) is 0 Å². The van der Waals surface area contributed by atoms with E-state index in [1.54, 1.807) is 6.20 Å². The summed E-state index contributed by atoms with van der Waals surface area (Å²) in [5, 5.41) is 2.92. The summed E-state index contributed by atoms with van der Waals surface area (Å²) in [6.45, 7) is 11.7. The van der Waals surface area contributed by atoms with Crippen molar-refractivity contribution in [1.82, 2.24) is 4.98 Å². The van der Waals surface area contributed by atoms with Gasteiger partial charge in [0.1, 0.15) is 5.82 Å². The van der Waals surface area contributed by atoms with E-state index in [0.29, 0.717) is 0 Å². The third-order valence-electron chi connectivity index (χ3n) is 4.66. The molecule has 0 bridgehead atoms. The Morgan fingerprint density at radius 2 is 1.73 bits per heavy atom. The minimum Gasteiger partial charge on any atom is -0.368 e. The van der Waals surface area contributed by atoms with Crippen LogP contribution < -0.4 is 15.1 Å². The Bertz CT molecular complexity index is 756. The Morgan fingerprint density at radius 3 is 2.31 bits per heavy atom. The van der Waals surface area contributed by atoms with Gasteiger partial charge >= 0.3 is 0 Å². The molecule has 0 unspecified atom stereocenters. The van der Waals surface area contributed by atoms with E-state index in [1.807, 2.05) is 32.9 Å². The number of nitrogens with zero attached hydrogens (tertiary/aromatic N) is 3. The third-order valence-corrected chi connectivity index (χ3v) is 4.66. The maximum absolute atomic E-state index is 12.1. The number of hydrogen-bond acceptors (Lipinski definition) is 4. The zero-order valence-corrected chi connectivity index (χ0v) is 16.1. The number of piperazine rings is 1. The van der Waals surface area contributed by atoms with E-state index >= 15 is 0 Å². The smallest absolute Gasteiger partial charge is 0.229 e. The van der Waals surface area contributed by atoms with Gasteiger partial charge in [-0.3, -0.25) is 4.79 Å². The lowest BCUT2D eigenvalue weighted by Gasteiger charge is -2.36. The van der Waals surface area contributed by atoms with Crippen LogP contribution in [0.3, 0.4) is 0 Å². The second-order valence-corrected chi connectivity index (χ2v) is 7.92. The van der Waals surface area contributed by atoms with Crippen LogP contribution in [0.5, 0.6) is 0 Å². The second-order valence-electron chi connectivity index (χ2n) is 7.92. The average molecular weight is 352 g/mol. The van der Waals surface area contributed by atoms with E-state index in [9.17, 15) is 4.79 Å². The van der Waals surface area contributed by atoms with Gasteiger partial charge in [0, 0.05) is 37.3 Å². The molecule has 5 heteroatoms. The van der Waals surface area contributed by atoms with Crippen LogP contribution in [0, 0.1) is 12.3 Å². The van der Waals surface area contributed by atoms with Crippen LogP contribution in [0.2, 0.25) is 0 Å². The number of aryl methyl sites for hydroxylation is 1. The highest BCUT2D eigenvalue weighted by molar-refractivity contribution is 5.94. The lowest BCUT2D eigenvalue weighted by Crippen LogP contribution is -2.46. The van der Waals surface area contributed by atoms with E-state index in [-0.39, 0.29) is 5.91 Å². The SMILES string of the molecule is Cc1cccc(N2CCN(c3ccc(NC(=O)C(C)(C)C)cn3)CC2)c1. The van der Waals surface area contributed by atoms with Gasteiger partial charge in [-0.25, -0.2) is 4.98 Å². The Morgan fingerprint density at radius 1 is 1.04 bits per heavy atom. The summed E-state index contributed by atoms with van der Waals surface area (Å²) in [6.07, 6.45) is 1.74. The minimum absolute atomic E-state index is 0.00109. The molecule has 1 N–H and O–H groups in total. The Kier molecular flexibility index (Phi) is 5.16. The van der Waals surface area contributed by atoms with Gasteiger partial charge in [-0.05, 0) is 36.8 Å². The predicted molar refractivity (Wildman–Crippen MR) is 108 cm³/mol. The van der Waals surface area contributed by atoms with Gasteiger partial charge in [0.2, 0.25) is 5.91 Å². The lowest BCUT2D eigenvalue weighted by molar-refractivity contribution is -0.123. The molecule has 2 heterocycles. The fourth-order valence-corrected chi connectivity index (χ4v) is 2.98. The van der Waals surface area contributed by atoms with E-state index in [4.69, 9.17) is 0 Å². The topological polar surface area (TPSA) is 48.5 Å². The molecule has 3 rings (SSSR count). The number of carbonyl (C=O) groups excluding carboxylic acids is 1. The van der Waals surface area contributed by atoms with Crippen molar-refractivity contribution in [2.45, 2.75) is 27.7 Å². The molecule has 0 radical (unpaired) electrons. The van der Waals surface area contributed by atoms with Gasteiger partial charge < -0.3 is 15.1 Å². The first-order chi connectivity index (χ1) is 12.3. The van der Waals surface area contributed by atoms with E-state index < -0.39 is 5.41 Å². The normalized spacial score (nSPS) is 15.1. The maximum Gasteiger partial charge on any atom is 0.229 e. The second kappa shape index (κ2) is 7.36. The van der Waals surface area contributed by atoms with Crippen molar-refractivity contribution in [3.05, 3.63) is 48.2 Å². The monoisotopic (exact) mass is 352 g/mol. The summed E-state index contributed by atoms with van der Waals surface area (Å²) < 4.78 is 0. The largest absolute Gasteiger partial charge is 0.368 e. The van der Waals surface area contributed by atoms with Gasteiger partial charge in [-0.2, -0.15) is 0 Å². The van der Waals surface area contributed by atoms with Crippen LogP contribution in [0.25, 0.3) is 0 Å². The molecule has 0 aliphatic carbocycles. The molecular formula is C21H28N4O. The number of hydrogen-bond donors (Lipinski definition) is 1. The van der Waals surface area contributed by atoms with E-state index in [2.05, 4.69) is 51.3 Å². The summed E-state index contributed by atoms with van der Waals surface area (Å²) in [6, 6.07) is 12.6. The van der Waals surface area contributed by atoms with Crippen molar-refractivity contribution in [1.29, 1.82) is 0 Å². The molecule has 26 heavy (non-hydrogen) atoms. The number of nitrogens with one attached hydrogen (secondary N) is 1. The van der Waals surface area contributed by atoms with Crippen LogP contribution in [0.4, 0.5) is 17.2 Å². The molecular weight excluding hydrogens is 324 g/mol. The number of pyridine rings is 1. The number of aromatic nitrogens is 1. The van der Waals surface area contributed by atoms with Crippen LogP contribution in [0.1, 0.15) is 26.3 Å². The van der Waals surface area contributed by atoms with Crippen LogP contribution in [0.15, 0.2) is 42.6 Å². The molecule has 1 aromatic carbocycles. The van der Waals surface area contributed by atoms with Crippen molar-refractivity contribution in [2.75, 3.05) is 41.3 Å². The van der Waals surface area contributed by atoms with Crippen molar-refractivity contribution >= 4 is 23.1 Å². The quantitative estimate of drug-likeness (QED) is 0.915. The Balaban J connectivity index is 1.59. The van der Waals surface area contributed by atoms with Crippen molar-refractivity contribution < 1.29 is 4.79 Å². The summed E-state index contributed by atoms with van der Waals surface area (Å²) in [7, 11) is 0. The third kappa shape index (κ3) is 4.34. The summed E-state index contributed by atoms with van der Waals surface area (Å²) in [5.41, 5.74) is 2.91. The summed E-state index contributed by atoms with van der Waals surface area (Å²) in [4.78, 5) is 21.3. The van der Waals surface area contributed by atoms with Gasteiger partial charge in [-0.1, -0.05) is 32.9 Å². The molecule has 5 nitrogen and oxygen atoms in total. The van der Waals surface area contributed by atoms with Crippen LogP contribution in [-0.4, -0.2) is 37.1 Å². The lowest BCUT2D eigenvalue weighted by atomic mass is 9.96. The zero-order chi connectivity index (χ0) is 18.7. The summed E-state index contributed by atoms with van der Waals surface area (Å²) in [5.74, 6) is 0.960. The molecule has 1 aliphatic heterocycles. The maximum atomic E-state index is 12.1. The van der Waals surface area contributed by atoms with Crippen molar-refractivity contribution in [3.63, 3.8) is 0 Å². The highest BCUT2D eigenvalue weighted by atomic mass is 16.2. The average Bonchev–Trinajstić information content (AvgIpc) is 2.62. The number of rotatable bonds is 3. The molecule has 0 spiro atoms. The minimum atomic E-state index is -0.412. The predicted octanol–water partition coefficient (Wildman–Crippen LogP) is 3.70. The van der Waals surface area contributed by atoms with Gasteiger partial charge in [0.15, 0.2) is 0 Å². The van der Waals surface area contributed by atoms with Crippen molar-refractivity contribution in [2.24, 2.45) is 5.41 Å². The standard InChI is InChI=1S/C21H28N4O/c1-16-6-5-7-18(14-16)24-10-12-25(13-11-24)19-9-8-17(15-22-19)23-20(26)21(2,3)4/h5-9,14-15H,10-13H2,1-4H3,(H,23,26). The first-order valence-electron chi connectivity index (χ1n) is 9.17. The molecule has 0 saturated carbocycles. The van der Waals surface area contributed by atoms with Crippen LogP contribution in [-0.2, 0) is 4.79 Å². The van der Waals surface area contributed by atoms with Crippen LogP contribution >= 0.6 is 0 Å². The molecule has 1 aromatic heterocycles. The first-order valence-corrected chi connectivity index (χ1v) is 9.17. The molecule has 138 valence electrons. The number of carbonyl (C=O) groups is 1. The highest BCUT2D eigenvalue weighted by Crippen LogP contribution is 2.22. The molecule has 1 saturated heterocycles. The number of anilines is 3. The fourth-order valence-electron chi connectivity index (χ4n) is 2.98. The fraction of sp³-hybridized carbons (Fsp3) is 0.429. The molecule has 1 fully saturated rings. The Hall–Kier alpha value is -2.56. The molecule has 0 atom stereocenters. The van der Waals surface area contributed by atoms with Gasteiger partial charge in [0.05, 0.1) is 11.9 Å².